The van der Waals surface area contributed by atoms with Gasteiger partial charge in [-0.1, -0.05) is 22.0 Å². The summed E-state index contributed by atoms with van der Waals surface area (Å²) in [5.41, 5.74) is 1.14. The molecule has 22 heavy (non-hydrogen) atoms. The van der Waals surface area contributed by atoms with Crippen LogP contribution in [-0.2, 0) is 4.74 Å². The van der Waals surface area contributed by atoms with Crippen LogP contribution in [0.2, 0.25) is 5.02 Å². The Morgan fingerprint density at radius 2 is 2.14 bits per heavy atom. The van der Waals surface area contributed by atoms with E-state index < -0.39 is 5.97 Å². The maximum absolute atomic E-state index is 11.5. The molecule has 0 fully saturated rings. The van der Waals surface area contributed by atoms with Crippen LogP contribution < -0.4 is 0 Å². The van der Waals surface area contributed by atoms with Gasteiger partial charge in [-0.15, -0.1) is 5.10 Å². The molecule has 0 spiro atoms. The lowest BCUT2D eigenvalue weighted by Gasteiger charge is -1.98. The molecule has 2 heterocycles. The highest BCUT2D eigenvalue weighted by atomic mass is 35.5. The average Bonchev–Trinajstić information content (AvgIpc) is 3.17. The van der Waals surface area contributed by atoms with E-state index in [0.717, 1.165) is 5.69 Å². The van der Waals surface area contributed by atoms with Gasteiger partial charge < -0.3 is 9.26 Å². The summed E-state index contributed by atoms with van der Waals surface area (Å²) in [5.74, 6) is -0.743. The monoisotopic (exact) mass is 319 g/mol. The van der Waals surface area contributed by atoms with E-state index in [1.807, 2.05) is 0 Å². The van der Waals surface area contributed by atoms with Crippen molar-refractivity contribution < 1.29 is 14.1 Å². The molecule has 9 heteroatoms. The molecule has 0 saturated carbocycles. The van der Waals surface area contributed by atoms with Gasteiger partial charge in [0.25, 0.3) is 0 Å². The van der Waals surface area contributed by atoms with E-state index in [1.165, 1.54) is 4.68 Å². The molecule has 0 radical (unpaired) electrons. The first-order valence-electron chi connectivity index (χ1n) is 6.37. The smallest absolute Gasteiger partial charge is 0.397 e. The number of benzene rings is 1. The van der Waals surface area contributed by atoms with E-state index >= 15 is 0 Å². The Morgan fingerprint density at radius 1 is 1.36 bits per heavy atom. The highest BCUT2D eigenvalue weighted by Crippen LogP contribution is 2.16. The summed E-state index contributed by atoms with van der Waals surface area (Å²) in [7, 11) is 0. The second-order valence-corrected chi connectivity index (χ2v) is 4.60. The molecule has 1 aromatic carbocycles. The van der Waals surface area contributed by atoms with Crippen molar-refractivity contribution in [1.82, 2.24) is 25.1 Å². The number of nitrogens with zero attached hydrogens (tertiary/aromatic N) is 5. The van der Waals surface area contributed by atoms with Gasteiger partial charge in [0.1, 0.15) is 0 Å². The highest BCUT2D eigenvalue weighted by Gasteiger charge is 2.19. The molecule has 0 saturated heterocycles. The Hall–Kier alpha value is -2.74. The van der Waals surface area contributed by atoms with Gasteiger partial charge in [-0.05, 0) is 31.2 Å². The second-order valence-electron chi connectivity index (χ2n) is 4.17. The van der Waals surface area contributed by atoms with Crippen molar-refractivity contribution in [3.05, 3.63) is 41.4 Å². The van der Waals surface area contributed by atoms with Crippen LogP contribution in [0.1, 0.15) is 17.6 Å². The number of esters is 1. The lowest BCUT2D eigenvalue weighted by Crippen LogP contribution is -2.04. The van der Waals surface area contributed by atoms with Gasteiger partial charge >= 0.3 is 11.9 Å². The van der Waals surface area contributed by atoms with Crippen molar-refractivity contribution in [3.63, 3.8) is 0 Å². The van der Waals surface area contributed by atoms with Gasteiger partial charge in [-0.25, -0.2) is 9.48 Å². The molecular weight excluding hydrogens is 310 g/mol. The zero-order chi connectivity index (χ0) is 15.5. The molecule has 3 aromatic rings. The minimum Gasteiger partial charge on any atom is -0.459 e. The minimum atomic E-state index is -0.675. The van der Waals surface area contributed by atoms with Crippen molar-refractivity contribution in [2.24, 2.45) is 0 Å². The van der Waals surface area contributed by atoms with E-state index in [4.69, 9.17) is 20.9 Å². The molecule has 0 aliphatic rings. The first-order chi connectivity index (χ1) is 10.7. The number of hydrogen-bond donors (Lipinski definition) is 0. The van der Waals surface area contributed by atoms with Gasteiger partial charge in [0.2, 0.25) is 5.82 Å². The third-order valence-corrected chi connectivity index (χ3v) is 2.94. The maximum Gasteiger partial charge on any atom is 0.397 e. The number of carbonyl (C=O) groups is 1. The average molecular weight is 320 g/mol. The van der Waals surface area contributed by atoms with Crippen LogP contribution in [0.25, 0.3) is 17.2 Å². The molecule has 3 rings (SSSR count). The van der Waals surface area contributed by atoms with Gasteiger partial charge in [-0.3, -0.25) is 0 Å². The van der Waals surface area contributed by atoms with E-state index in [1.54, 1.807) is 37.4 Å². The fourth-order valence-corrected chi connectivity index (χ4v) is 1.82. The number of carbonyl (C=O) groups excluding carboxylic acids is 1. The summed E-state index contributed by atoms with van der Waals surface area (Å²) in [6, 6.07) is 7.07. The molecule has 0 amide bonds. The van der Waals surface area contributed by atoms with E-state index in [-0.39, 0.29) is 18.3 Å². The molecule has 8 nitrogen and oxygen atoms in total. The van der Waals surface area contributed by atoms with Crippen LogP contribution in [0.3, 0.4) is 0 Å². The van der Waals surface area contributed by atoms with Gasteiger partial charge in [0.15, 0.2) is 5.69 Å². The molecular formula is C13H10ClN5O3. The van der Waals surface area contributed by atoms with Crippen molar-refractivity contribution in [3.8, 4) is 17.2 Å². The molecule has 0 bridgehead atoms. The summed E-state index contributed by atoms with van der Waals surface area (Å²) in [6.07, 6.45) is 1.61. The van der Waals surface area contributed by atoms with Crippen LogP contribution in [0.15, 0.2) is 35.0 Å². The van der Waals surface area contributed by atoms with E-state index in [9.17, 15) is 4.79 Å². The number of ether oxygens (including phenoxy) is 1. The predicted molar refractivity (Wildman–Crippen MR) is 75.6 cm³/mol. The Bertz CT molecular complexity index is 796. The zero-order valence-corrected chi connectivity index (χ0v) is 12.2. The molecule has 112 valence electrons. The number of halogens is 1. The number of hydrogen-bond acceptors (Lipinski definition) is 7. The highest BCUT2D eigenvalue weighted by molar-refractivity contribution is 6.30. The van der Waals surface area contributed by atoms with Crippen LogP contribution in [0.5, 0.6) is 0 Å². The standard InChI is InChI=1S/C13H10ClN5O3/c1-2-21-13(20)12-15-11(17-22-12)10-7-19(18-16-10)9-5-3-8(14)4-6-9/h3-7H,2H2,1H3. The topological polar surface area (TPSA) is 95.9 Å². The van der Waals surface area contributed by atoms with Gasteiger partial charge in [0.05, 0.1) is 18.5 Å². The van der Waals surface area contributed by atoms with E-state index in [2.05, 4.69) is 20.5 Å². The largest absolute Gasteiger partial charge is 0.459 e. The quantitative estimate of drug-likeness (QED) is 0.680. The lowest BCUT2D eigenvalue weighted by molar-refractivity contribution is 0.0470. The molecule has 0 N–H and O–H groups in total. The normalized spacial score (nSPS) is 10.6. The fourth-order valence-electron chi connectivity index (χ4n) is 1.69. The van der Waals surface area contributed by atoms with Crippen molar-refractivity contribution >= 4 is 17.6 Å². The summed E-state index contributed by atoms with van der Waals surface area (Å²) in [6.45, 7) is 1.91. The Labute approximate surface area is 129 Å². The Morgan fingerprint density at radius 3 is 2.86 bits per heavy atom. The summed E-state index contributed by atoms with van der Waals surface area (Å²) < 4.78 is 11.1. The third-order valence-electron chi connectivity index (χ3n) is 2.69. The van der Waals surface area contributed by atoms with Crippen molar-refractivity contribution in [1.29, 1.82) is 0 Å². The number of aromatic nitrogens is 5. The van der Waals surface area contributed by atoms with Gasteiger partial charge in [0, 0.05) is 5.02 Å². The van der Waals surface area contributed by atoms with Gasteiger partial charge in [-0.2, -0.15) is 4.98 Å². The third kappa shape index (κ3) is 2.82. The molecule has 2 aromatic heterocycles. The summed E-state index contributed by atoms with van der Waals surface area (Å²) >= 11 is 5.84. The second kappa shape index (κ2) is 5.94. The molecule has 0 aliphatic heterocycles. The van der Waals surface area contributed by atoms with Crippen LogP contribution in [0, 0.1) is 0 Å². The summed E-state index contributed by atoms with van der Waals surface area (Å²) in [5, 5.41) is 12.2. The Kier molecular flexibility index (Phi) is 3.84. The van der Waals surface area contributed by atoms with Crippen LogP contribution in [0.4, 0.5) is 0 Å². The zero-order valence-electron chi connectivity index (χ0n) is 11.4. The minimum absolute atomic E-state index is 0.156. The number of rotatable bonds is 4. The van der Waals surface area contributed by atoms with Crippen molar-refractivity contribution in [2.75, 3.05) is 6.61 Å². The first kappa shape index (κ1) is 14.2. The van der Waals surface area contributed by atoms with Crippen molar-refractivity contribution in [2.45, 2.75) is 6.92 Å². The van der Waals surface area contributed by atoms with Crippen LogP contribution >= 0.6 is 11.6 Å². The molecule has 0 atom stereocenters. The molecule has 0 unspecified atom stereocenters. The summed E-state index contributed by atoms with van der Waals surface area (Å²) in [4.78, 5) is 15.4. The van der Waals surface area contributed by atoms with Crippen LogP contribution in [-0.4, -0.2) is 37.7 Å². The first-order valence-corrected chi connectivity index (χ1v) is 6.74. The SMILES string of the molecule is CCOC(=O)c1nc(-c2cn(-c3ccc(Cl)cc3)nn2)no1. The maximum atomic E-state index is 11.5. The fraction of sp³-hybridized carbons (Fsp3) is 0.154. The lowest BCUT2D eigenvalue weighted by atomic mass is 10.3. The Balaban J connectivity index is 1.85. The molecule has 0 aliphatic carbocycles. The van der Waals surface area contributed by atoms with E-state index in [0.29, 0.717) is 10.7 Å². The predicted octanol–water partition coefficient (Wildman–Crippen LogP) is 2.15.